The summed E-state index contributed by atoms with van der Waals surface area (Å²) in [5.74, 6) is 0.583. The van der Waals surface area contributed by atoms with Crippen LogP contribution in [0.15, 0.2) is 48.5 Å². The first-order chi connectivity index (χ1) is 16.9. The van der Waals surface area contributed by atoms with E-state index in [1.54, 1.807) is 0 Å². The number of rotatable bonds is 18. The molecule has 0 aliphatic rings. The third-order valence-corrected chi connectivity index (χ3v) is 6.92. The topological polar surface area (TPSA) is 58.7 Å². The van der Waals surface area contributed by atoms with Gasteiger partial charge in [0, 0.05) is 36.8 Å². The number of ether oxygens (including phenoxy) is 1. The second kappa shape index (κ2) is 16.7. The average molecular weight is 483 g/mol. The molecule has 4 heteroatoms. The molecule has 35 heavy (non-hydrogen) atoms. The highest BCUT2D eigenvalue weighted by Crippen LogP contribution is 2.35. The summed E-state index contributed by atoms with van der Waals surface area (Å²) in [5.41, 5.74) is 9.15. The van der Waals surface area contributed by atoms with Crippen molar-refractivity contribution >= 4 is 0 Å². The minimum atomic E-state index is 0.179. The number of benzene rings is 2. The van der Waals surface area contributed by atoms with Gasteiger partial charge in [-0.15, -0.1) is 0 Å². The summed E-state index contributed by atoms with van der Waals surface area (Å²) in [4.78, 5) is 2.54. The Morgan fingerprint density at radius 3 is 2.14 bits per heavy atom. The SMILES string of the molecule is CC(C)N(CC[C@H](c1ccccc1)c1cc(CCCCOCCCCCCN)ccc1O)C(C)C. The van der Waals surface area contributed by atoms with E-state index >= 15 is 0 Å². The minimum Gasteiger partial charge on any atom is -0.508 e. The van der Waals surface area contributed by atoms with Crippen molar-refractivity contribution in [1.82, 2.24) is 4.90 Å². The summed E-state index contributed by atoms with van der Waals surface area (Å²) >= 11 is 0. The van der Waals surface area contributed by atoms with Gasteiger partial charge in [-0.05, 0) is 96.5 Å². The van der Waals surface area contributed by atoms with Gasteiger partial charge >= 0.3 is 0 Å². The number of hydrogen-bond acceptors (Lipinski definition) is 4. The maximum atomic E-state index is 10.9. The van der Waals surface area contributed by atoms with Gasteiger partial charge in [0.05, 0.1) is 0 Å². The van der Waals surface area contributed by atoms with Gasteiger partial charge in [-0.3, -0.25) is 4.90 Å². The maximum Gasteiger partial charge on any atom is 0.119 e. The fraction of sp³-hybridized carbons (Fsp3) is 0.613. The van der Waals surface area contributed by atoms with E-state index in [4.69, 9.17) is 10.5 Å². The van der Waals surface area contributed by atoms with E-state index in [0.29, 0.717) is 17.8 Å². The van der Waals surface area contributed by atoms with Crippen LogP contribution < -0.4 is 5.73 Å². The molecule has 0 saturated carbocycles. The quantitative estimate of drug-likeness (QED) is 0.227. The molecule has 0 heterocycles. The largest absolute Gasteiger partial charge is 0.508 e. The van der Waals surface area contributed by atoms with E-state index < -0.39 is 0 Å². The molecule has 196 valence electrons. The van der Waals surface area contributed by atoms with Gasteiger partial charge in [0.2, 0.25) is 0 Å². The van der Waals surface area contributed by atoms with Gasteiger partial charge in [0.1, 0.15) is 5.75 Å². The van der Waals surface area contributed by atoms with Crippen molar-refractivity contribution in [3.63, 3.8) is 0 Å². The molecule has 3 N–H and O–H groups in total. The predicted octanol–water partition coefficient (Wildman–Crippen LogP) is 6.89. The lowest BCUT2D eigenvalue weighted by atomic mass is 9.86. The Kier molecular flexibility index (Phi) is 14.0. The number of aromatic hydroxyl groups is 1. The molecule has 1 atom stereocenters. The number of phenolic OH excluding ortho intramolecular Hbond substituents is 1. The van der Waals surface area contributed by atoms with Gasteiger partial charge in [0.15, 0.2) is 0 Å². The normalized spacial score (nSPS) is 12.7. The lowest BCUT2D eigenvalue weighted by Crippen LogP contribution is -2.38. The number of nitrogens with zero attached hydrogens (tertiary/aromatic N) is 1. The first kappa shape index (κ1) is 29.4. The fourth-order valence-electron chi connectivity index (χ4n) is 4.95. The van der Waals surface area contributed by atoms with E-state index in [2.05, 4.69) is 75.1 Å². The van der Waals surface area contributed by atoms with Crippen molar-refractivity contribution in [2.75, 3.05) is 26.3 Å². The molecule has 0 saturated heterocycles. The molecule has 0 aliphatic heterocycles. The Balaban J connectivity index is 1.97. The molecule has 4 nitrogen and oxygen atoms in total. The maximum absolute atomic E-state index is 10.9. The number of unbranched alkanes of at least 4 members (excludes halogenated alkanes) is 4. The Morgan fingerprint density at radius 1 is 0.829 bits per heavy atom. The second-order valence-corrected chi connectivity index (χ2v) is 10.3. The smallest absolute Gasteiger partial charge is 0.119 e. The van der Waals surface area contributed by atoms with E-state index in [0.717, 1.165) is 70.4 Å². The minimum absolute atomic E-state index is 0.179. The number of phenols is 1. The van der Waals surface area contributed by atoms with Crippen molar-refractivity contribution < 1.29 is 9.84 Å². The van der Waals surface area contributed by atoms with Crippen LogP contribution in [0.2, 0.25) is 0 Å². The van der Waals surface area contributed by atoms with Gasteiger partial charge < -0.3 is 15.6 Å². The van der Waals surface area contributed by atoms with Crippen LogP contribution in [0, 0.1) is 0 Å². The summed E-state index contributed by atoms with van der Waals surface area (Å²) < 4.78 is 5.81. The van der Waals surface area contributed by atoms with Crippen molar-refractivity contribution in [1.29, 1.82) is 0 Å². The lowest BCUT2D eigenvalue weighted by molar-refractivity contribution is 0.126. The zero-order chi connectivity index (χ0) is 25.5. The third kappa shape index (κ3) is 10.7. The number of nitrogens with two attached hydrogens (primary N) is 1. The monoisotopic (exact) mass is 482 g/mol. The van der Waals surface area contributed by atoms with Crippen LogP contribution in [0.3, 0.4) is 0 Å². The van der Waals surface area contributed by atoms with E-state index in [1.165, 1.54) is 24.0 Å². The highest BCUT2D eigenvalue weighted by atomic mass is 16.5. The van der Waals surface area contributed by atoms with Crippen LogP contribution in [-0.4, -0.2) is 48.4 Å². The first-order valence-corrected chi connectivity index (χ1v) is 13.8. The fourth-order valence-corrected chi connectivity index (χ4v) is 4.95. The van der Waals surface area contributed by atoms with Crippen LogP contribution in [0.25, 0.3) is 0 Å². The lowest BCUT2D eigenvalue weighted by Gasteiger charge is -2.32. The van der Waals surface area contributed by atoms with Crippen LogP contribution in [0.5, 0.6) is 5.75 Å². The second-order valence-electron chi connectivity index (χ2n) is 10.3. The van der Waals surface area contributed by atoms with Crippen LogP contribution >= 0.6 is 0 Å². The molecule has 0 fully saturated rings. The van der Waals surface area contributed by atoms with E-state index in [9.17, 15) is 5.11 Å². The molecular weight excluding hydrogens is 432 g/mol. The van der Waals surface area contributed by atoms with Crippen molar-refractivity contribution in [2.24, 2.45) is 5.73 Å². The summed E-state index contributed by atoms with van der Waals surface area (Å²) in [6.07, 6.45) is 8.83. The third-order valence-electron chi connectivity index (χ3n) is 6.92. The first-order valence-electron chi connectivity index (χ1n) is 13.8. The van der Waals surface area contributed by atoms with E-state index in [-0.39, 0.29) is 5.92 Å². The van der Waals surface area contributed by atoms with E-state index in [1.807, 2.05) is 6.07 Å². The molecular formula is C31H50N2O2. The molecule has 0 spiro atoms. The Bertz CT molecular complexity index is 799. The summed E-state index contributed by atoms with van der Waals surface area (Å²) in [7, 11) is 0. The van der Waals surface area contributed by atoms with Gasteiger partial charge in [0.25, 0.3) is 0 Å². The Hall–Kier alpha value is -1.88. The number of aryl methyl sites for hydroxylation is 1. The summed E-state index contributed by atoms with van der Waals surface area (Å²) in [6.45, 7) is 12.5. The molecule has 0 unspecified atom stereocenters. The van der Waals surface area contributed by atoms with Crippen LogP contribution in [0.1, 0.15) is 95.2 Å². The molecule has 0 aromatic heterocycles. The summed E-state index contributed by atoms with van der Waals surface area (Å²) in [5, 5.41) is 10.9. The van der Waals surface area contributed by atoms with Crippen molar-refractivity contribution in [3.05, 3.63) is 65.2 Å². The zero-order valence-electron chi connectivity index (χ0n) is 22.7. The Labute approximate surface area is 214 Å². The predicted molar refractivity (Wildman–Crippen MR) is 149 cm³/mol. The average Bonchev–Trinajstić information content (AvgIpc) is 2.84. The van der Waals surface area contributed by atoms with Gasteiger partial charge in [-0.2, -0.15) is 0 Å². The highest BCUT2D eigenvalue weighted by molar-refractivity contribution is 5.43. The zero-order valence-corrected chi connectivity index (χ0v) is 22.7. The molecule has 2 aromatic rings. The number of hydrogen-bond donors (Lipinski definition) is 2. The van der Waals surface area contributed by atoms with Crippen molar-refractivity contribution in [3.8, 4) is 5.75 Å². The Morgan fingerprint density at radius 2 is 1.49 bits per heavy atom. The molecule has 2 rings (SSSR count). The molecule has 0 radical (unpaired) electrons. The standard InChI is InChI=1S/C31H50N2O2/c1-25(2)33(26(3)4)21-19-29(28-15-8-7-9-16-28)30-24-27(17-18-31(30)34)14-10-13-23-35-22-12-6-5-11-20-32/h7-9,15-18,24-26,29,34H,5-6,10-14,19-23,32H2,1-4H3/t29-/m1/s1. The molecule has 0 bridgehead atoms. The highest BCUT2D eigenvalue weighted by Gasteiger charge is 2.21. The van der Waals surface area contributed by atoms with Crippen LogP contribution in [-0.2, 0) is 11.2 Å². The molecule has 2 aromatic carbocycles. The summed E-state index contributed by atoms with van der Waals surface area (Å²) in [6, 6.07) is 17.9. The van der Waals surface area contributed by atoms with Gasteiger partial charge in [-0.25, -0.2) is 0 Å². The van der Waals surface area contributed by atoms with Crippen LogP contribution in [0.4, 0.5) is 0 Å². The van der Waals surface area contributed by atoms with Crippen molar-refractivity contribution in [2.45, 2.75) is 97.1 Å². The van der Waals surface area contributed by atoms with Gasteiger partial charge in [-0.1, -0.05) is 55.3 Å². The molecule has 0 aliphatic carbocycles. The molecule has 0 amide bonds.